The fraction of sp³-hybridized carbons (Fsp3) is 0.409. The quantitative estimate of drug-likeness (QED) is 0.615. The summed E-state index contributed by atoms with van der Waals surface area (Å²) in [4.78, 5) is 16.2. The minimum atomic E-state index is -4.40. The van der Waals surface area contributed by atoms with Gasteiger partial charge < -0.3 is 24.2 Å². The summed E-state index contributed by atoms with van der Waals surface area (Å²) in [7, 11) is 0. The van der Waals surface area contributed by atoms with Gasteiger partial charge >= 0.3 is 12.3 Å². The first-order valence-corrected chi connectivity index (χ1v) is 10.2. The molecule has 174 valence electrons. The van der Waals surface area contributed by atoms with Gasteiger partial charge in [0.15, 0.2) is 0 Å². The molecule has 1 aliphatic heterocycles. The molecule has 1 heterocycles. The van der Waals surface area contributed by atoms with Gasteiger partial charge in [0.25, 0.3) is 0 Å². The highest BCUT2D eigenvalue weighted by Crippen LogP contribution is 2.31. The van der Waals surface area contributed by atoms with E-state index in [1.165, 1.54) is 12.1 Å². The first-order chi connectivity index (χ1) is 15.3. The van der Waals surface area contributed by atoms with Gasteiger partial charge in [-0.15, -0.1) is 0 Å². The number of aliphatic hydroxyl groups excluding tert-OH is 1. The molecule has 7 nitrogen and oxygen atoms in total. The summed E-state index contributed by atoms with van der Waals surface area (Å²) in [6.45, 7) is 4.08. The predicted molar refractivity (Wildman–Crippen MR) is 110 cm³/mol. The maximum absolute atomic E-state index is 12.6. The van der Waals surface area contributed by atoms with Crippen LogP contribution in [0.15, 0.2) is 48.5 Å². The van der Waals surface area contributed by atoms with Gasteiger partial charge in [-0.25, -0.2) is 4.79 Å². The minimum Gasteiger partial charge on any atom is -0.457 e. The standard InChI is InChI=1S/C22H25F3N2O5/c23-22(24,25)17-1-3-18(4-2-17)31-19-5-7-20(8-6-19)32-21(29)27-11-9-26(10-12-27)13-15-30-16-14-28/h1-8,28H,9-16H2. The molecule has 0 aromatic heterocycles. The molecule has 1 fully saturated rings. The van der Waals surface area contributed by atoms with Gasteiger partial charge in [0, 0.05) is 32.7 Å². The number of alkyl halides is 3. The first kappa shape index (κ1) is 23.8. The lowest BCUT2D eigenvalue weighted by molar-refractivity contribution is -0.137. The van der Waals surface area contributed by atoms with Crippen molar-refractivity contribution < 1.29 is 37.3 Å². The third-order valence-electron chi connectivity index (χ3n) is 4.86. The van der Waals surface area contributed by atoms with Crippen LogP contribution in [-0.4, -0.2) is 73.5 Å². The van der Waals surface area contributed by atoms with E-state index < -0.39 is 17.8 Å². The Hall–Kier alpha value is -2.82. The van der Waals surface area contributed by atoms with E-state index in [-0.39, 0.29) is 12.4 Å². The van der Waals surface area contributed by atoms with Crippen molar-refractivity contribution in [1.82, 2.24) is 9.80 Å². The number of piperazine rings is 1. The molecule has 0 saturated carbocycles. The summed E-state index contributed by atoms with van der Waals surface area (Å²) in [6.07, 6.45) is -4.84. The van der Waals surface area contributed by atoms with Crippen molar-refractivity contribution in [3.8, 4) is 17.2 Å². The molecule has 1 aliphatic rings. The van der Waals surface area contributed by atoms with Crippen molar-refractivity contribution in [3.05, 3.63) is 54.1 Å². The van der Waals surface area contributed by atoms with Crippen LogP contribution in [0, 0.1) is 0 Å². The summed E-state index contributed by atoms with van der Waals surface area (Å²) in [5.41, 5.74) is -0.747. The molecule has 32 heavy (non-hydrogen) atoms. The van der Waals surface area contributed by atoms with Crippen LogP contribution in [-0.2, 0) is 10.9 Å². The highest BCUT2D eigenvalue weighted by atomic mass is 19.4. The third kappa shape index (κ3) is 7.11. The molecule has 2 aromatic carbocycles. The molecule has 3 rings (SSSR count). The lowest BCUT2D eigenvalue weighted by Crippen LogP contribution is -2.50. The zero-order valence-corrected chi connectivity index (χ0v) is 17.4. The maximum atomic E-state index is 12.6. The minimum absolute atomic E-state index is 0.00176. The Morgan fingerprint density at radius 2 is 1.44 bits per heavy atom. The van der Waals surface area contributed by atoms with Crippen LogP contribution in [0.5, 0.6) is 17.2 Å². The van der Waals surface area contributed by atoms with E-state index in [0.717, 1.165) is 18.7 Å². The average molecular weight is 454 g/mol. The number of halogens is 3. The van der Waals surface area contributed by atoms with Gasteiger partial charge in [0.2, 0.25) is 0 Å². The number of hydrogen-bond acceptors (Lipinski definition) is 6. The monoisotopic (exact) mass is 454 g/mol. The molecule has 0 radical (unpaired) electrons. The van der Waals surface area contributed by atoms with Crippen molar-refractivity contribution in [3.63, 3.8) is 0 Å². The van der Waals surface area contributed by atoms with Gasteiger partial charge in [-0.3, -0.25) is 4.90 Å². The van der Waals surface area contributed by atoms with E-state index >= 15 is 0 Å². The van der Waals surface area contributed by atoms with Gasteiger partial charge in [0.05, 0.1) is 25.4 Å². The summed E-state index contributed by atoms with van der Waals surface area (Å²) >= 11 is 0. The van der Waals surface area contributed by atoms with E-state index in [4.69, 9.17) is 19.3 Å². The van der Waals surface area contributed by atoms with Gasteiger partial charge in [-0.05, 0) is 48.5 Å². The molecule has 2 aromatic rings. The molecule has 1 amide bonds. The lowest BCUT2D eigenvalue weighted by Gasteiger charge is -2.33. The molecule has 0 aliphatic carbocycles. The Labute approximate surface area is 183 Å². The number of aliphatic hydroxyl groups is 1. The second-order valence-corrected chi connectivity index (χ2v) is 7.13. The summed E-state index contributed by atoms with van der Waals surface area (Å²) in [5, 5.41) is 8.70. The van der Waals surface area contributed by atoms with Crippen molar-refractivity contribution in [2.75, 3.05) is 52.5 Å². The number of amides is 1. The maximum Gasteiger partial charge on any atom is 0.416 e. The van der Waals surface area contributed by atoms with Gasteiger partial charge in [-0.2, -0.15) is 13.2 Å². The Kier molecular flexibility index (Phi) is 8.32. The van der Waals surface area contributed by atoms with Crippen LogP contribution in [0.2, 0.25) is 0 Å². The second kappa shape index (κ2) is 11.2. The molecular weight excluding hydrogens is 429 g/mol. The van der Waals surface area contributed by atoms with E-state index in [1.54, 1.807) is 29.2 Å². The SMILES string of the molecule is O=C(Oc1ccc(Oc2ccc(C(F)(F)F)cc2)cc1)N1CCN(CCOCCO)CC1. The van der Waals surface area contributed by atoms with Crippen LogP contribution < -0.4 is 9.47 Å². The number of ether oxygens (including phenoxy) is 3. The Balaban J connectivity index is 1.44. The molecule has 1 N–H and O–H groups in total. The van der Waals surface area contributed by atoms with Crippen LogP contribution in [0.25, 0.3) is 0 Å². The number of carbonyl (C=O) groups excluding carboxylic acids is 1. The molecule has 0 spiro atoms. The number of hydrogen-bond donors (Lipinski definition) is 1. The molecule has 0 atom stereocenters. The zero-order valence-electron chi connectivity index (χ0n) is 17.4. The normalized spacial score (nSPS) is 14.9. The van der Waals surface area contributed by atoms with E-state index in [2.05, 4.69) is 4.90 Å². The molecular formula is C22H25F3N2O5. The smallest absolute Gasteiger partial charge is 0.416 e. The number of carbonyl (C=O) groups is 1. The largest absolute Gasteiger partial charge is 0.457 e. The Morgan fingerprint density at radius 1 is 0.875 bits per heavy atom. The van der Waals surface area contributed by atoms with Crippen molar-refractivity contribution in [1.29, 1.82) is 0 Å². The van der Waals surface area contributed by atoms with Crippen LogP contribution in [0.3, 0.4) is 0 Å². The lowest BCUT2D eigenvalue weighted by atomic mass is 10.2. The third-order valence-corrected chi connectivity index (χ3v) is 4.86. The first-order valence-electron chi connectivity index (χ1n) is 10.2. The van der Waals surface area contributed by atoms with Crippen molar-refractivity contribution in [2.45, 2.75) is 6.18 Å². The van der Waals surface area contributed by atoms with Crippen LogP contribution >= 0.6 is 0 Å². The topological polar surface area (TPSA) is 71.5 Å². The van der Waals surface area contributed by atoms with E-state index in [9.17, 15) is 18.0 Å². The van der Waals surface area contributed by atoms with Gasteiger partial charge in [0.1, 0.15) is 17.2 Å². The van der Waals surface area contributed by atoms with Crippen molar-refractivity contribution in [2.24, 2.45) is 0 Å². The molecule has 0 bridgehead atoms. The Morgan fingerprint density at radius 3 is 2.00 bits per heavy atom. The fourth-order valence-electron chi connectivity index (χ4n) is 3.10. The predicted octanol–water partition coefficient (Wildman–Crippen LogP) is 3.62. The summed E-state index contributed by atoms with van der Waals surface area (Å²) < 4.78 is 54.1. The number of rotatable bonds is 8. The molecule has 0 unspecified atom stereocenters. The summed E-state index contributed by atoms with van der Waals surface area (Å²) in [6, 6.07) is 10.7. The van der Waals surface area contributed by atoms with Crippen LogP contribution in [0.1, 0.15) is 5.56 Å². The highest BCUT2D eigenvalue weighted by molar-refractivity contribution is 5.70. The van der Waals surface area contributed by atoms with E-state index in [1.807, 2.05) is 0 Å². The molecule has 10 heteroatoms. The second-order valence-electron chi connectivity index (χ2n) is 7.13. The molecule has 1 saturated heterocycles. The average Bonchev–Trinajstić information content (AvgIpc) is 2.78. The fourth-order valence-corrected chi connectivity index (χ4v) is 3.10. The van der Waals surface area contributed by atoms with Gasteiger partial charge in [-0.1, -0.05) is 0 Å². The zero-order chi connectivity index (χ0) is 23.0. The highest BCUT2D eigenvalue weighted by Gasteiger charge is 2.30. The summed E-state index contributed by atoms with van der Waals surface area (Å²) in [5.74, 6) is 1.01. The van der Waals surface area contributed by atoms with Crippen molar-refractivity contribution >= 4 is 6.09 Å². The Bertz CT molecular complexity index is 851. The van der Waals surface area contributed by atoms with E-state index in [0.29, 0.717) is 50.9 Å². The number of nitrogens with zero attached hydrogens (tertiary/aromatic N) is 2. The number of benzene rings is 2. The van der Waals surface area contributed by atoms with Crippen LogP contribution in [0.4, 0.5) is 18.0 Å².